The summed E-state index contributed by atoms with van der Waals surface area (Å²) in [6.45, 7) is 4.44. The van der Waals surface area contributed by atoms with Gasteiger partial charge in [-0.25, -0.2) is 9.18 Å². The number of aryl methyl sites for hydroxylation is 1. The molecule has 4 rings (SSSR count). The number of para-hydroxylation sites is 1. The first-order valence-corrected chi connectivity index (χ1v) is 8.86. The number of urea groups is 1. The Bertz CT molecular complexity index is 1020. The van der Waals surface area contributed by atoms with E-state index < -0.39 is 5.82 Å². The number of rotatable bonds is 2. The predicted octanol–water partition coefficient (Wildman–Crippen LogP) is 2.92. The zero-order chi connectivity index (χ0) is 19.7. The molecule has 144 valence electrons. The van der Waals surface area contributed by atoms with Gasteiger partial charge in [-0.1, -0.05) is 18.2 Å². The molecule has 1 aliphatic heterocycles. The molecule has 0 fully saturated rings. The van der Waals surface area contributed by atoms with Gasteiger partial charge < -0.3 is 15.0 Å². The maximum Gasteiger partial charge on any atom is 0.322 e. The molecule has 9 heteroatoms. The molecule has 0 saturated carbocycles. The largest absolute Gasteiger partial charge is 0.489 e. The average Bonchev–Trinajstić information content (AvgIpc) is 3.01. The number of hydrogen-bond acceptors (Lipinski definition) is 5. The fourth-order valence-corrected chi connectivity index (χ4v) is 3.15. The summed E-state index contributed by atoms with van der Waals surface area (Å²) in [5.74, 6) is 0.736. The lowest BCUT2D eigenvalue weighted by Gasteiger charge is -2.22. The van der Waals surface area contributed by atoms with E-state index in [-0.39, 0.29) is 17.8 Å². The van der Waals surface area contributed by atoms with Crippen LogP contribution in [0.25, 0.3) is 5.69 Å². The minimum Gasteiger partial charge on any atom is -0.489 e. The van der Waals surface area contributed by atoms with Crippen molar-refractivity contribution in [2.24, 2.45) is 0 Å². The number of tetrazole rings is 1. The zero-order valence-corrected chi connectivity index (χ0v) is 15.5. The van der Waals surface area contributed by atoms with E-state index in [1.807, 2.05) is 31.2 Å². The van der Waals surface area contributed by atoms with E-state index >= 15 is 0 Å². The van der Waals surface area contributed by atoms with Crippen LogP contribution in [0.5, 0.6) is 5.75 Å². The first-order valence-electron chi connectivity index (χ1n) is 8.86. The molecule has 1 aromatic heterocycles. The normalized spacial score (nSPS) is 16.1. The van der Waals surface area contributed by atoms with E-state index in [1.54, 1.807) is 11.8 Å². The van der Waals surface area contributed by atoms with E-state index in [1.165, 1.54) is 22.9 Å². The van der Waals surface area contributed by atoms with Crippen LogP contribution in [0, 0.1) is 12.7 Å². The van der Waals surface area contributed by atoms with Crippen molar-refractivity contribution in [1.29, 1.82) is 0 Å². The second-order valence-electron chi connectivity index (χ2n) is 6.65. The number of nitrogens with one attached hydrogen (secondary N) is 1. The molecule has 3 aromatic rings. The van der Waals surface area contributed by atoms with Gasteiger partial charge in [0, 0.05) is 11.3 Å². The summed E-state index contributed by atoms with van der Waals surface area (Å²) in [6, 6.07) is 11.6. The number of fused-ring (bicyclic) bond motifs is 1. The fourth-order valence-electron chi connectivity index (χ4n) is 3.15. The molecular formula is C19H19FN6O2. The van der Waals surface area contributed by atoms with Gasteiger partial charge in [-0.15, -0.1) is 5.10 Å². The van der Waals surface area contributed by atoms with Crippen LogP contribution in [0.4, 0.5) is 14.9 Å². The molecule has 0 aliphatic carbocycles. The Kier molecular flexibility index (Phi) is 4.64. The first kappa shape index (κ1) is 17.9. The zero-order valence-electron chi connectivity index (χ0n) is 15.5. The van der Waals surface area contributed by atoms with Crippen LogP contribution in [0.15, 0.2) is 42.5 Å². The Morgan fingerprint density at radius 2 is 2.11 bits per heavy atom. The van der Waals surface area contributed by atoms with Crippen molar-refractivity contribution in [3.63, 3.8) is 0 Å². The van der Waals surface area contributed by atoms with Crippen molar-refractivity contribution in [3.05, 3.63) is 59.7 Å². The summed E-state index contributed by atoms with van der Waals surface area (Å²) in [5.41, 5.74) is 1.55. The van der Waals surface area contributed by atoms with E-state index in [2.05, 4.69) is 20.8 Å². The fraction of sp³-hybridized carbons (Fsp3) is 0.263. The third-order valence-electron chi connectivity index (χ3n) is 4.48. The van der Waals surface area contributed by atoms with Gasteiger partial charge in [0.25, 0.3) is 0 Å². The predicted molar refractivity (Wildman–Crippen MR) is 99.8 cm³/mol. The van der Waals surface area contributed by atoms with Crippen molar-refractivity contribution in [2.75, 3.05) is 11.9 Å². The smallest absolute Gasteiger partial charge is 0.322 e. The van der Waals surface area contributed by atoms with E-state index in [4.69, 9.17) is 4.74 Å². The lowest BCUT2D eigenvalue weighted by molar-refractivity contribution is 0.167. The van der Waals surface area contributed by atoms with Gasteiger partial charge in [0.15, 0.2) is 5.82 Å². The summed E-state index contributed by atoms with van der Waals surface area (Å²) >= 11 is 0. The van der Waals surface area contributed by atoms with Crippen LogP contribution in [0.1, 0.15) is 18.3 Å². The second kappa shape index (κ2) is 7.26. The molecule has 2 aromatic carbocycles. The molecule has 1 N–H and O–H groups in total. The lowest BCUT2D eigenvalue weighted by atomic mass is 10.2. The maximum atomic E-state index is 14.2. The Morgan fingerprint density at radius 1 is 1.29 bits per heavy atom. The molecule has 1 aliphatic rings. The van der Waals surface area contributed by atoms with Crippen molar-refractivity contribution >= 4 is 11.7 Å². The number of hydrogen-bond donors (Lipinski definition) is 1. The monoisotopic (exact) mass is 382 g/mol. The molecular weight excluding hydrogens is 363 g/mol. The number of halogens is 1. The van der Waals surface area contributed by atoms with Crippen molar-refractivity contribution < 1.29 is 13.9 Å². The highest BCUT2D eigenvalue weighted by Crippen LogP contribution is 2.25. The molecule has 8 nitrogen and oxygen atoms in total. The van der Waals surface area contributed by atoms with E-state index in [9.17, 15) is 9.18 Å². The number of amides is 2. The van der Waals surface area contributed by atoms with E-state index in [0.717, 1.165) is 11.3 Å². The topological polar surface area (TPSA) is 85.2 Å². The molecule has 0 radical (unpaired) electrons. The second-order valence-corrected chi connectivity index (χ2v) is 6.65. The van der Waals surface area contributed by atoms with Crippen molar-refractivity contribution in [2.45, 2.75) is 26.5 Å². The minimum absolute atomic E-state index is 0.151. The van der Waals surface area contributed by atoms with Crippen molar-refractivity contribution in [3.8, 4) is 11.4 Å². The van der Waals surface area contributed by atoms with Gasteiger partial charge in [-0.05, 0) is 48.5 Å². The number of ether oxygens (including phenoxy) is 1. The van der Waals surface area contributed by atoms with Crippen LogP contribution in [-0.2, 0) is 6.54 Å². The van der Waals surface area contributed by atoms with Crippen LogP contribution in [0.2, 0.25) is 0 Å². The number of nitrogens with zero attached hydrogens (tertiary/aromatic N) is 5. The van der Waals surface area contributed by atoms with Crippen LogP contribution < -0.4 is 10.1 Å². The van der Waals surface area contributed by atoms with Gasteiger partial charge in [0.2, 0.25) is 0 Å². The third kappa shape index (κ3) is 3.51. The van der Waals surface area contributed by atoms with Crippen LogP contribution >= 0.6 is 0 Å². The number of aromatic nitrogens is 4. The average molecular weight is 382 g/mol. The number of benzene rings is 2. The SMILES string of the molecule is Cc1nnnn1-c1cc(NC(=O)N2Cc3ccccc3OC(C)C2)ccc1F. The quantitative estimate of drug-likeness (QED) is 0.737. The van der Waals surface area contributed by atoms with Gasteiger partial charge in [0.1, 0.15) is 23.4 Å². The Balaban J connectivity index is 1.56. The molecule has 0 spiro atoms. The van der Waals surface area contributed by atoms with Crippen LogP contribution in [-0.4, -0.2) is 43.8 Å². The summed E-state index contributed by atoms with van der Waals surface area (Å²) in [4.78, 5) is 14.5. The van der Waals surface area contributed by atoms with Gasteiger partial charge in [-0.3, -0.25) is 0 Å². The number of anilines is 1. The summed E-state index contributed by atoms with van der Waals surface area (Å²) in [5, 5.41) is 13.9. The highest BCUT2D eigenvalue weighted by molar-refractivity contribution is 5.89. The Morgan fingerprint density at radius 3 is 2.89 bits per heavy atom. The Labute approximate surface area is 160 Å². The molecule has 0 saturated heterocycles. The van der Waals surface area contributed by atoms with Crippen molar-refractivity contribution in [1.82, 2.24) is 25.1 Å². The first-order chi connectivity index (χ1) is 13.5. The number of carbonyl (C=O) groups excluding carboxylic acids is 1. The number of carbonyl (C=O) groups is 1. The standard InChI is InChI=1S/C19H19FN6O2/c1-12-10-25(11-14-5-3-4-6-18(14)28-12)19(27)21-15-7-8-16(20)17(9-15)26-13(2)22-23-24-26/h3-9,12H,10-11H2,1-2H3,(H,21,27). The molecule has 0 bridgehead atoms. The summed E-state index contributed by atoms with van der Waals surface area (Å²) < 4.78 is 21.4. The van der Waals surface area contributed by atoms with Gasteiger partial charge in [-0.2, -0.15) is 4.68 Å². The molecule has 2 heterocycles. The summed E-state index contributed by atoms with van der Waals surface area (Å²) in [6.07, 6.45) is -0.151. The molecule has 2 amide bonds. The maximum absolute atomic E-state index is 14.2. The molecule has 1 atom stereocenters. The molecule has 1 unspecified atom stereocenters. The Hall–Kier alpha value is -3.49. The molecule has 28 heavy (non-hydrogen) atoms. The highest BCUT2D eigenvalue weighted by Gasteiger charge is 2.24. The van der Waals surface area contributed by atoms with E-state index in [0.29, 0.717) is 24.6 Å². The lowest BCUT2D eigenvalue weighted by Crippen LogP contribution is -2.38. The third-order valence-corrected chi connectivity index (χ3v) is 4.48. The van der Waals surface area contributed by atoms with Crippen LogP contribution in [0.3, 0.4) is 0 Å². The van der Waals surface area contributed by atoms with Gasteiger partial charge >= 0.3 is 6.03 Å². The minimum atomic E-state index is -0.487. The highest BCUT2D eigenvalue weighted by atomic mass is 19.1. The van der Waals surface area contributed by atoms with Gasteiger partial charge in [0.05, 0.1) is 13.1 Å². The summed E-state index contributed by atoms with van der Waals surface area (Å²) in [7, 11) is 0.